The Labute approximate surface area is 86.2 Å². The van der Waals surface area contributed by atoms with E-state index in [1.165, 1.54) is 0 Å². The maximum absolute atomic E-state index is 4.21. The van der Waals surface area contributed by atoms with Crippen LogP contribution in [0.25, 0.3) is 0 Å². The third-order valence-corrected chi connectivity index (χ3v) is 2.12. The molecule has 14 heavy (non-hydrogen) atoms. The van der Waals surface area contributed by atoms with E-state index in [1.54, 1.807) is 0 Å². The van der Waals surface area contributed by atoms with E-state index in [2.05, 4.69) is 28.7 Å². The Morgan fingerprint density at radius 3 is 2.00 bits per heavy atom. The maximum Gasteiger partial charge on any atom is 0.125 e. The standard InChI is InChI=1S/C11H19N3/c1-4-6-14(7-5-2)11-8-12-10(3)13-9-11/h8-9H,4-7H2,1-3H3. The van der Waals surface area contributed by atoms with Gasteiger partial charge in [-0.1, -0.05) is 13.8 Å². The van der Waals surface area contributed by atoms with Crippen LogP contribution >= 0.6 is 0 Å². The normalized spacial score (nSPS) is 10.2. The molecule has 0 saturated carbocycles. The second-order valence-corrected chi connectivity index (χ2v) is 3.48. The first-order chi connectivity index (χ1) is 6.77. The zero-order chi connectivity index (χ0) is 10.4. The Morgan fingerprint density at radius 2 is 1.57 bits per heavy atom. The van der Waals surface area contributed by atoms with E-state index in [0.717, 1.165) is 37.4 Å². The Morgan fingerprint density at radius 1 is 1.07 bits per heavy atom. The van der Waals surface area contributed by atoms with Gasteiger partial charge in [-0.25, -0.2) is 9.97 Å². The lowest BCUT2D eigenvalue weighted by Crippen LogP contribution is -2.25. The first kappa shape index (κ1) is 11.0. The molecule has 3 nitrogen and oxygen atoms in total. The van der Waals surface area contributed by atoms with Crippen LogP contribution in [-0.4, -0.2) is 23.1 Å². The maximum atomic E-state index is 4.21. The van der Waals surface area contributed by atoms with E-state index >= 15 is 0 Å². The van der Waals surface area contributed by atoms with Gasteiger partial charge in [-0.3, -0.25) is 0 Å². The minimum Gasteiger partial charge on any atom is -0.369 e. The average molecular weight is 193 g/mol. The van der Waals surface area contributed by atoms with Crippen molar-refractivity contribution in [1.82, 2.24) is 9.97 Å². The number of hydrogen-bond acceptors (Lipinski definition) is 3. The van der Waals surface area contributed by atoms with Crippen LogP contribution in [0.1, 0.15) is 32.5 Å². The molecule has 0 saturated heterocycles. The number of anilines is 1. The highest BCUT2D eigenvalue weighted by Gasteiger charge is 2.04. The summed E-state index contributed by atoms with van der Waals surface area (Å²) in [5, 5.41) is 0. The number of hydrogen-bond donors (Lipinski definition) is 0. The van der Waals surface area contributed by atoms with Gasteiger partial charge in [-0.2, -0.15) is 0 Å². The highest BCUT2D eigenvalue weighted by Crippen LogP contribution is 2.11. The van der Waals surface area contributed by atoms with Crippen molar-refractivity contribution in [2.45, 2.75) is 33.6 Å². The SMILES string of the molecule is CCCN(CCC)c1cnc(C)nc1. The molecule has 3 heteroatoms. The van der Waals surface area contributed by atoms with Crippen molar-refractivity contribution >= 4 is 5.69 Å². The van der Waals surface area contributed by atoms with Gasteiger partial charge in [0.2, 0.25) is 0 Å². The van der Waals surface area contributed by atoms with Crippen molar-refractivity contribution in [3.8, 4) is 0 Å². The molecule has 0 N–H and O–H groups in total. The average Bonchev–Trinajstić information content (AvgIpc) is 2.19. The van der Waals surface area contributed by atoms with Crippen LogP contribution in [-0.2, 0) is 0 Å². The third-order valence-electron chi connectivity index (χ3n) is 2.12. The lowest BCUT2D eigenvalue weighted by atomic mass is 10.3. The van der Waals surface area contributed by atoms with Gasteiger partial charge in [0.25, 0.3) is 0 Å². The van der Waals surface area contributed by atoms with Crippen LogP contribution in [0.2, 0.25) is 0 Å². The lowest BCUT2D eigenvalue weighted by Gasteiger charge is -2.22. The van der Waals surface area contributed by atoms with E-state index in [-0.39, 0.29) is 0 Å². The Kier molecular flexibility index (Phi) is 4.36. The molecule has 0 aliphatic heterocycles. The minimum absolute atomic E-state index is 0.835. The topological polar surface area (TPSA) is 29.0 Å². The van der Waals surface area contributed by atoms with Gasteiger partial charge < -0.3 is 4.90 Å². The van der Waals surface area contributed by atoms with Crippen molar-refractivity contribution in [2.24, 2.45) is 0 Å². The third kappa shape index (κ3) is 2.98. The summed E-state index contributed by atoms with van der Waals surface area (Å²) >= 11 is 0. The van der Waals surface area contributed by atoms with E-state index in [9.17, 15) is 0 Å². The van der Waals surface area contributed by atoms with E-state index in [1.807, 2.05) is 19.3 Å². The molecule has 1 aromatic heterocycles. The predicted molar refractivity (Wildman–Crippen MR) is 59.6 cm³/mol. The van der Waals surface area contributed by atoms with E-state index < -0.39 is 0 Å². The fourth-order valence-electron chi connectivity index (χ4n) is 1.46. The molecule has 0 atom stereocenters. The summed E-state index contributed by atoms with van der Waals surface area (Å²) in [6.07, 6.45) is 6.14. The van der Waals surface area contributed by atoms with Gasteiger partial charge in [0, 0.05) is 13.1 Å². The quantitative estimate of drug-likeness (QED) is 0.719. The molecule has 0 aliphatic carbocycles. The molecule has 0 fully saturated rings. The second-order valence-electron chi connectivity index (χ2n) is 3.48. The summed E-state index contributed by atoms with van der Waals surface area (Å²) in [6.45, 7) is 8.46. The zero-order valence-electron chi connectivity index (χ0n) is 9.32. The van der Waals surface area contributed by atoms with Crippen LogP contribution in [0, 0.1) is 6.92 Å². The summed E-state index contributed by atoms with van der Waals surface area (Å²) in [5.74, 6) is 0.835. The summed E-state index contributed by atoms with van der Waals surface area (Å²) in [6, 6.07) is 0. The molecule has 1 heterocycles. The summed E-state index contributed by atoms with van der Waals surface area (Å²) < 4.78 is 0. The van der Waals surface area contributed by atoms with Crippen LogP contribution in [0.15, 0.2) is 12.4 Å². The van der Waals surface area contributed by atoms with Crippen molar-refractivity contribution in [2.75, 3.05) is 18.0 Å². The van der Waals surface area contributed by atoms with Gasteiger partial charge in [-0.05, 0) is 19.8 Å². The Balaban J connectivity index is 2.71. The molecule has 0 bridgehead atoms. The minimum atomic E-state index is 0.835. The molecule has 0 amide bonds. The molecule has 1 rings (SSSR count). The van der Waals surface area contributed by atoms with Gasteiger partial charge >= 0.3 is 0 Å². The molecular weight excluding hydrogens is 174 g/mol. The number of rotatable bonds is 5. The number of aromatic nitrogens is 2. The fourth-order valence-corrected chi connectivity index (χ4v) is 1.46. The Hall–Kier alpha value is -1.12. The molecular formula is C11H19N3. The fraction of sp³-hybridized carbons (Fsp3) is 0.636. The zero-order valence-corrected chi connectivity index (χ0v) is 9.32. The predicted octanol–water partition coefficient (Wildman–Crippen LogP) is 2.41. The van der Waals surface area contributed by atoms with Crippen LogP contribution < -0.4 is 4.90 Å². The summed E-state index contributed by atoms with van der Waals surface area (Å²) in [4.78, 5) is 10.8. The monoisotopic (exact) mass is 193 g/mol. The van der Waals surface area contributed by atoms with Gasteiger partial charge in [-0.15, -0.1) is 0 Å². The van der Waals surface area contributed by atoms with Crippen LogP contribution in [0.5, 0.6) is 0 Å². The largest absolute Gasteiger partial charge is 0.369 e. The summed E-state index contributed by atoms with van der Waals surface area (Å²) in [7, 11) is 0. The van der Waals surface area contributed by atoms with Crippen molar-refractivity contribution in [3.63, 3.8) is 0 Å². The molecule has 0 unspecified atom stereocenters. The van der Waals surface area contributed by atoms with Crippen molar-refractivity contribution < 1.29 is 0 Å². The molecule has 78 valence electrons. The van der Waals surface area contributed by atoms with Gasteiger partial charge in [0.15, 0.2) is 0 Å². The van der Waals surface area contributed by atoms with Crippen molar-refractivity contribution in [3.05, 3.63) is 18.2 Å². The lowest BCUT2D eigenvalue weighted by molar-refractivity contribution is 0.740. The van der Waals surface area contributed by atoms with Crippen LogP contribution in [0.3, 0.4) is 0 Å². The highest BCUT2D eigenvalue weighted by atomic mass is 15.1. The molecule has 0 aliphatic rings. The van der Waals surface area contributed by atoms with Gasteiger partial charge in [0.1, 0.15) is 5.82 Å². The number of nitrogens with zero attached hydrogens (tertiary/aromatic N) is 3. The Bertz CT molecular complexity index is 250. The highest BCUT2D eigenvalue weighted by molar-refractivity contribution is 5.41. The van der Waals surface area contributed by atoms with Crippen molar-refractivity contribution in [1.29, 1.82) is 0 Å². The smallest absolute Gasteiger partial charge is 0.125 e. The first-order valence-electron chi connectivity index (χ1n) is 5.31. The molecule has 0 radical (unpaired) electrons. The second kappa shape index (κ2) is 5.58. The molecule has 0 aromatic carbocycles. The number of aryl methyl sites for hydroxylation is 1. The van der Waals surface area contributed by atoms with Gasteiger partial charge in [0.05, 0.1) is 18.1 Å². The molecule has 1 aromatic rings. The first-order valence-corrected chi connectivity index (χ1v) is 5.31. The van der Waals surface area contributed by atoms with E-state index in [0.29, 0.717) is 0 Å². The summed E-state index contributed by atoms with van der Waals surface area (Å²) in [5.41, 5.74) is 1.14. The van der Waals surface area contributed by atoms with Crippen LogP contribution in [0.4, 0.5) is 5.69 Å². The molecule has 0 spiro atoms. The van der Waals surface area contributed by atoms with E-state index in [4.69, 9.17) is 0 Å².